The van der Waals surface area contributed by atoms with Gasteiger partial charge in [0.05, 0.1) is 5.02 Å². The van der Waals surface area contributed by atoms with Crippen LogP contribution in [-0.2, 0) is 13.5 Å². The molecule has 0 atom stereocenters. The van der Waals surface area contributed by atoms with Gasteiger partial charge in [-0.15, -0.1) is 0 Å². The first-order valence-electron chi connectivity index (χ1n) is 6.15. The fraction of sp³-hybridized carbons (Fsp3) is 0.308. The Labute approximate surface area is 134 Å². The van der Waals surface area contributed by atoms with Gasteiger partial charge in [0.15, 0.2) is 0 Å². The zero-order chi connectivity index (χ0) is 16.6. The first kappa shape index (κ1) is 16.8. The SMILES string of the molecule is CCc1c(F)c(-c2nn(C)c(OC(F)F)c2Cl)cc(O)c1Cl. The smallest absolute Gasteiger partial charge is 0.388 e. The molecule has 0 spiro atoms. The van der Waals surface area contributed by atoms with Crippen molar-refractivity contribution in [2.45, 2.75) is 20.0 Å². The number of rotatable bonds is 4. The first-order chi connectivity index (χ1) is 10.3. The molecule has 9 heteroatoms. The third kappa shape index (κ3) is 2.83. The summed E-state index contributed by atoms with van der Waals surface area (Å²) in [6.07, 6.45) is 0.219. The van der Waals surface area contributed by atoms with Gasteiger partial charge in [-0.25, -0.2) is 9.07 Å². The molecule has 0 radical (unpaired) electrons. The predicted octanol–water partition coefficient (Wildman–Crippen LogP) is 4.40. The summed E-state index contributed by atoms with van der Waals surface area (Å²) in [6, 6.07) is 1.04. The Morgan fingerprint density at radius 1 is 1.36 bits per heavy atom. The molecule has 1 aromatic heterocycles. The van der Waals surface area contributed by atoms with Crippen LogP contribution in [0.4, 0.5) is 13.2 Å². The molecule has 0 amide bonds. The quantitative estimate of drug-likeness (QED) is 0.884. The van der Waals surface area contributed by atoms with E-state index in [0.717, 1.165) is 10.7 Å². The van der Waals surface area contributed by atoms with Crippen molar-refractivity contribution in [3.8, 4) is 22.9 Å². The third-order valence-electron chi connectivity index (χ3n) is 3.02. The number of benzene rings is 1. The van der Waals surface area contributed by atoms with E-state index in [1.807, 2.05) is 0 Å². The van der Waals surface area contributed by atoms with E-state index < -0.39 is 18.3 Å². The van der Waals surface area contributed by atoms with Crippen molar-refractivity contribution in [1.82, 2.24) is 9.78 Å². The van der Waals surface area contributed by atoms with Gasteiger partial charge in [-0.3, -0.25) is 0 Å². The van der Waals surface area contributed by atoms with Crippen LogP contribution < -0.4 is 4.74 Å². The van der Waals surface area contributed by atoms with Crippen LogP contribution in [-0.4, -0.2) is 21.5 Å². The van der Waals surface area contributed by atoms with Crippen LogP contribution >= 0.6 is 23.2 Å². The molecule has 0 fully saturated rings. The molecule has 1 heterocycles. The van der Waals surface area contributed by atoms with Crippen LogP contribution in [0.15, 0.2) is 6.07 Å². The summed E-state index contributed by atoms with van der Waals surface area (Å²) in [5, 5.41) is 13.3. The number of aryl methyl sites for hydroxylation is 1. The number of alkyl halides is 2. The molecule has 0 saturated heterocycles. The Kier molecular flexibility index (Phi) is 4.77. The highest BCUT2D eigenvalue weighted by molar-refractivity contribution is 6.35. The summed E-state index contributed by atoms with van der Waals surface area (Å²) in [7, 11) is 1.32. The lowest BCUT2D eigenvalue weighted by molar-refractivity contribution is -0.0552. The van der Waals surface area contributed by atoms with Crippen molar-refractivity contribution in [3.05, 3.63) is 27.5 Å². The minimum absolute atomic E-state index is 0.0784. The van der Waals surface area contributed by atoms with E-state index >= 15 is 0 Å². The van der Waals surface area contributed by atoms with Gasteiger partial charge < -0.3 is 9.84 Å². The minimum Gasteiger partial charge on any atom is -0.506 e. The zero-order valence-corrected chi connectivity index (χ0v) is 13.0. The molecule has 22 heavy (non-hydrogen) atoms. The van der Waals surface area contributed by atoms with Gasteiger partial charge >= 0.3 is 6.61 Å². The van der Waals surface area contributed by atoms with E-state index in [4.69, 9.17) is 23.2 Å². The van der Waals surface area contributed by atoms with Gasteiger partial charge in [0, 0.05) is 18.2 Å². The average Bonchev–Trinajstić information content (AvgIpc) is 2.71. The Morgan fingerprint density at radius 2 is 2.00 bits per heavy atom. The molecular weight excluding hydrogens is 344 g/mol. The Bertz CT molecular complexity index is 720. The lowest BCUT2D eigenvalue weighted by atomic mass is 10.0. The summed E-state index contributed by atoms with van der Waals surface area (Å²) < 4.78 is 44.4. The second-order valence-corrected chi connectivity index (χ2v) is 5.13. The van der Waals surface area contributed by atoms with E-state index in [1.54, 1.807) is 6.92 Å². The molecule has 1 aromatic carbocycles. The van der Waals surface area contributed by atoms with Crippen LogP contribution in [0.3, 0.4) is 0 Å². The second-order valence-electron chi connectivity index (χ2n) is 4.37. The van der Waals surface area contributed by atoms with E-state index in [-0.39, 0.29) is 39.0 Å². The van der Waals surface area contributed by atoms with Crippen molar-refractivity contribution < 1.29 is 23.0 Å². The molecule has 4 nitrogen and oxygen atoms in total. The lowest BCUT2D eigenvalue weighted by Gasteiger charge is -2.09. The topological polar surface area (TPSA) is 47.3 Å². The molecule has 2 aromatic rings. The maximum Gasteiger partial charge on any atom is 0.388 e. The number of phenolic OH excluding ortho intramolecular Hbond substituents is 1. The van der Waals surface area contributed by atoms with Crippen molar-refractivity contribution in [2.24, 2.45) is 7.05 Å². The third-order valence-corrected chi connectivity index (χ3v) is 3.78. The van der Waals surface area contributed by atoms with Crippen LogP contribution in [0.25, 0.3) is 11.3 Å². The van der Waals surface area contributed by atoms with E-state index in [2.05, 4.69) is 9.84 Å². The molecule has 0 aliphatic rings. The van der Waals surface area contributed by atoms with Crippen molar-refractivity contribution in [1.29, 1.82) is 0 Å². The number of hydrogen-bond acceptors (Lipinski definition) is 3. The number of aromatic nitrogens is 2. The van der Waals surface area contributed by atoms with Crippen LogP contribution in [0.2, 0.25) is 10.0 Å². The Morgan fingerprint density at radius 3 is 2.55 bits per heavy atom. The molecule has 0 bridgehead atoms. The van der Waals surface area contributed by atoms with Crippen molar-refractivity contribution >= 4 is 23.2 Å². The number of ether oxygens (including phenoxy) is 1. The maximum atomic E-state index is 14.5. The number of aromatic hydroxyl groups is 1. The lowest BCUT2D eigenvalue weighted by Crippen LogP contribution is -2.06. The zero-order valence-electron chi connectivity index (χ0n) is 11.5. The molecular formula is C13H11Cl2F3N2O2. The molecule has 0 aliphatic heterocycles. The monoisotopic (exact) mass is 354 g/mol. The van der Waals surface area contributed by atoms with Gasteiger partial charge in [0.2, 0.25) is 5.88 Å². The predicted molar refractivity (Wildman–Crippen MR) is 76.3 cm³/mol. The van der Waals surface area contributed by atoms with Crippen LogP contribution in [0.5, 0.6) is 11.6 Å². The molecule has 2 rings (SSSR count). The summed E-state index contributed by atoms with van der Waals surface area (Å²) in [6.45, 7) is -1.45. The van der Waals surface area contributed by atoms with Gasteiger partial charge in [-0.2, -0.15) is 13.9 Å². The Balaban J connectivity index is 2.65. The maximum absolute atomic E-state index is 14.5. The average molecular weight is 355 g/mol. The molecule has 0 saturated carbocycles. The molecule has 120 valence electrons. The van der Waals surface area contributed by atoms with Crippen molar-refractivity contribution in [3.63, 3.8) is 0 Å². The summed E-state index contributed by atoms with van der Waals surface area (Å²) >= 11 is 11.8. The van der Waals surface area contributed by atoms with Gasteiger partial charge in [-0.1, -0.05) is 30.1 Å². The molecule has 0 unspecified atom stereocenters. The number of nitrogens with zero attached hydrogens (tertiary/aromatic N) is 2. The highest BCUT2D eigenvalue weighted by Gasteiger charge is 2.25. The summed E-state index contributed by atoms with van der Waals surface area (Å²) in [4.78, 5) is 0. The van der Waals surface area contributed by atoms with Gasteiger partial charge in [-0.05, 0) is 12.5 Å². The van der Waals surface area contributed by atoms with Gasteiger partial charge in [0.25, 0.3) is 0 Å². The number of halogens is 5. The highest BCUT2D eigenvalue weighted by atomic mass is 35.5. The van der Waals surface area contributed by atoms with Crippen molar-refractivity contribution in [2.75, 3.05) is 0 Å². The number of hydrogen-bond donors (Lipinski definition) is 1. The summed E-state index contributed by atoms with van der Waals surface area (Å²) in [5.74, 6) is -1.49. The minimum atomic E-state index is -3.10. The second kappa shape index (κ2) is 6.26. The highest BCUT2D eigenvalue weighted by Crippen LogP contribution is 2.41. The van der Waals surface area contributed by atoms with Crippen LogP contribution in [0, 0.1) is 5.82 Å². The van der Waals surface area contributed by atoms with Gasteiger partial charge in [0.1, 0.15) is 22.3 Å². The number of phenols is 1. The molecule has 0 aliphatic carbocycles. The van der Waals surface area contributed by atoms with Crippen LogP contribution in [0.1, 0.15) is 12.5 Å². The summed E-state index contributed by atoms with van der Waals surface area (Å²) in [5.41, 5.74) is -0.197. The van der Waals surface area contributed by atoms with E-state index in [1.165, 1.54) is 7.05 Å². The fourth-order valence-electron chi connectivity index (χ4n) is 2.03. The normalized spacial score (nSPS) is 11.3. The first-order valence-corrected chi connectivity index (χ1v) is 6.91. The standard InChI is InChI=1S/C13H11Cl2F3N2O2/c1-3-5-8(14)7(21)4-6(10(5)16)11-9(15)12(20(2)19-11)22-13(17)18/h4,13,21H,3H2,1-2H3. The fourth-order valence-corrected chi connectivity index (χ4v) is 2.60. The van der Waals surface area contributed by atoms with E-state index in [0.29, 0.717) is 0 Å². The largest absolute Gasteiger partial charge is 0.506 e. The Hall–Kier alpha value is -1.60. The molecule has 1 N–H and O–H groups in total. The van der Waals surface area contributed by atoms with E-state index in [9.17, 15) is 18.3 Å².